The minimum atomic E-state index is -6.90. The Labute approximate surface area is 193 Å². The summed E-state index contributed by atoms with van der Waals surface area (Å²) in [7, 11) is 0. The third-order valence-corrected chi connectivity index (χ3v) is 5.14. The van der Waals surface area contributed by atoms with E-state index in [1.54, 1.807) is 0 Å². The summed E-state index contributed by atoms with van der Waals surface area (Å²) in [6.45, 7) is 0. The maximum Gasteiger partial charge on any atom is 0.457 e. The van der Waals surface area contributed by atoms with Crippen LogP contribution in [0.1, 0.15) is 5.56 Å². The summed E-state index contributed by atoms with van der Waals surface area (Å²) in [5.41, 5.74) is -8.48. The molecule has 5 nitrogen and oxygen atoms in total. The minimum Gasteiger partial charge on any atom is -0.221 e. The predicted molar refractivity (Wildman–Crippen MR) is 102 cm³/mol. The van der Waals surface area contributed by atoms with Gasteiger partial charge in [0.15, 0.2) is 0 Å². The maximum absolute atomic E-state index is 14.7. The van der Waals surface area contributed by atoms with E-state index >= 15 is 0 Å². The van der Waals surface area contributed by atoms with Crippen LogP contribution in [0, 0.1) is 4.91 Å². The van der Waals surface area contributed by atoms with E-state index in [-0.39, 0.29) is 23.5 Å². The van der Waals surface area contributed by atoms with Crippen LogP contribution in [-0.4, -0.2) is 33.3 Å². The smallest absolute Gasteiger partial charge is 0.221 e. The van der Waals surface area contributed by atoms with Gasteiger partial charge >= 0.3 is 23.9 Å². The van der Waals surface area contributed by atoms with Gasteiger partial charge < -0.3 is 0 Å². The van der Waals surface area contributed by atoms with E-state index < -0.39 is 45.2 Å². The Morgan fingerprint density at radius 1 is 0.853 bits per heavy atom. The Morgan fingerprint density at radius 2 is 1.44 bits per heavy atom. The highest BCUT2D eigenvalue weighted by atomic mass is 35.5. The highest BCUT2D eigenvalue weighted by molar-refractivity contribution is 6.37. The Kier molecular flexibility index (Phi) is 6.37. The summed E-state index contributed by atoms with van der Waals surface area (Å²) in [6, 6.07) is 5.47. The fraction of sp³-hybridized carbons (Fsp3) is 0.222. The number of benzene rings is 2. The lowest BCUT2D eigenvalue weighted by Gasteiger charge is -2.36. The minimum absolute atomic E-state index is 0.0181. The quantitative estimate of drug-likeness (QED) is 0.249. The van der Waals surface area contributed by atoms with Crippen molar-refractivity contribution in [2.75, 3.05) is 0 Å². The molecular weight excluding hydrogens is 530 g/mol. The SMILES string of the molecule is O=Nc1cccc(-c2cn(-c3c(Cl)cc(C(F)(C(F)(F)F)C(F)(F)C(F)(F)F)cc3Cl)nn2)c1. The summed E-state index contributed by atoms with van der Waals surface area (Å²) >= 11 is 11.6. The summed E-state index contributed by atoms with van der Waals surface area (Å²) in [6.07, 6.45) is -12.5. The molecule has 182 valence electrons. The van der Waals surface area contributed by atoms with Gasteiger partial charge in [-0.1, -0.05) is 40.5 Å². The van der Waals surface area contributed by atoms with Gasteiger partial charge in [0.05, 0.1) is 16.2 Å². The summed E-state index contributed by atoms with van der Waals surface area (Å²) in [5, 5.41) is 8.19. The van der Waals surface area contributed by atoms with Crippen LogP contribution in [-0.2, 0) is 5.67 Å². The number of hydrogen-bond donors (Lipinski definition) is 0. The first-order chi connectivity index (χ1) is 15.5. The molecule has 16 heteroatoms. The van der Waals surface area contributed by atoms with Gasteiger partial charge in [0.1, 0.15) is 17.1 Å². The first-order valence-corrected chi connectivity index (χ1v) is 9.36. The number of hydrogen-bond acceptors (Lipinski definition) is 4. The van der Waals surface area contributed by atoms with Crippen LogP contribution in [0.2, 0.25) is 10.0 Å². The highest BCUT2D eigenvalue weighted by Crippen LogP contribution is 2.59. The normalized spacial score (nSPS) is 14.7. The van der Waals surface area contributed by atoms with Crippen molar-refractivity contribution in [2.24, 2.45) is 5.18 Å². The summed E-state index contributed by atoms with van der Waals surface area (Å²) < 4.78 is 121. The monoisotopic (exact) mass is 536 g/mol. The lowest BCUT2D eigenvalue weighted by atomic mass is 9.87. The fourth-order valence-electron chi connectivity index (χ4n) is 2.93. The van der Waals surface area contributed by atoms with Crippen LogP contribution in [0.4, 0.5) is 45.2 Å². The zero-order valence-corrected chi connectivity index (χ0v) is 17.4. The molecule has 1 unspecified atom stereocenters. The Morgan fingerprint density at radius 3 is 1.94 bits per heavy atom. The average Bonchev–Trinajstić information content (AvgIpc) is 3.20. The van der Waals surface area contributed by atoms with Gasteiger partial charge in [-0.05, 0) is 29.4 Å². The van der Waals surface area contributed by atoms with Crippen LogP contribution in [0.25, 0.3) is 16.9 Å². The van der Waals surface area contributed by atoms with Crippen molar-refractivity contribution in [3.63, 3.8) is 0 Å². The highest BCUT2D eigenvalue weighted by Gasteiger charge is 2.81. The number of nitroso groups, excluding NO2 is 1. The van der Waals surface area contributed by atoms with Gasteiger partial charge in [-0.3, -0.25) is 0 Å². The topological polar surface area (TPSA) is 60.1 Å². The molecule has 0 radical (unpaired) electrons. The Balaban J connectivity index is 2.14. The van der Waals surface area contributed by atoms with Crippen molar-refractivity contribution in [3.05, 3.63) is 63.1 Å². The van der Waals surface area contributed by atoms with Crippen LogP contribution in [0.5, 0.6) is 0 Å². The van der Waals surface area contributed by atoms with Crippen LogP contribution >= 0.6 is 23.2 Å². The third-order valence-electron chi connectivity index (χ3n) is 4.56. The number of alkyl halides is 9. The van der Waals surface area contributed by atoms with Crippen LogP contribution in [0.3, 0.4) is 0 Å². The molecule has 0 N–H and O–H groups in total. The van der Waals surface area contributed by atoms with E-state index in [1.807, 2.05) is 0 Å². The first-order valence-electron chi connectivity index (χ1n) is 8.61. The van der Waals surface area contributed by atoms with E-state index in [0.29, 0.717) is 5.56 Å². The van der Waals surface area contributed by atoms with E-state index in [2.05, 4.69) is 15.5 Å². The molecule has 34 heavy (non-hydrogen) atoms. The molecule has 0 saturated carbocycles. The van der Waals surface area contributed by atoms with E-state index in [1.165, 1.54) is 24.3 Å². The molecule has 3 rings (SSSR count). The molecule has 1 heterocycles. The van der Waals surface area contributed by atoms with Crippen molar-refractivity contribution in [1.82, 2.24) is 15.0 Å². The van der Waals surface area contributed by atoms with E-state index in [9.17, 15) is 44.4 Å². The molecular formula is C18H7Cl2F9N4O. The molecule has 0 fully saturated rings. The van der Waals surface area contributed by atoms with Crippen molar-refractivity contribution in [2.45, 2.75) is 23.9 Å². The van der Waals surface area contributed by atoms with E-state index in [4.69, 9.17) is 23.2 Å². The maximum atomic E-state index is 14.7. The molecule has 0 saturated heterocycles. The van der Waals surface area contributed by atoms with Gasteiger partial charge in [0.25, 0.3) is 0 Å². The lowest BCUT2D eigenvalue weighted by molar-refractivity contribution is -0.389. The number of nitrogens with zero attached hydrogens (tertiary/aromatic N) is 4. The summed E-state index contributed by atoms with van der Waals surface area (Å²) in [4.78, 5) is 10.7. The number of halogens is 11. The van der Waals surface area contributed by atoms with Gasteiger partial charge in [-0.25, -0.2) is 9.07 Å². The molecule has 0 bridgehead atoms. The average molecular weight is 537 g/mol. The van der Waals surface area contributed by atoms with Crippen molar-refractivity contribution in [3.8, 4) is 16.9 Å². The molecule has 3 aromatic rings. The van der Waals surface area contributed by atoms with Gasteiger partial charge in [0, 0.05) is 11.1 Å². The molecule has 0 aliphatic rings. The van der Waals surface area contributed by atoms with E-state index in [0.717, 1.165) is 10.9 Å². The lowest BCUT2D eigenvalue weighted by Crippen LogP contribution is -2.59. The van der Waals surface area contributed by atoms with Crippen molar-refractivity contribution in [1.29, 1.82) is 0 Å². The number of rotatable bonds is 5. The fourth-order valence-corrected chi connectivity index (χ4v) is 3.59. The number of aromatic nitrogens is 3. The second-order valence-corrected chi connectivity index (χ2v) is 7.52. The van der Waals surface area contributed by atoms with Crippen LogP contribution in [0.15, 0.2) is 47.8 Å². The van der Waals surface area contributed by atoms with Gasteiger partial charge in [-0.15, -0.1) is 10.0 Å². The molecule has 2 aromatic carbocycles. The Hall–Kier alpha value is -2.87. The second kappa shape index (κ2) is 8.41. The molecule has 0 aliphatic heterocycles. The molecule has 0 spiro atoms. The van der Waals surface area contributed by atoms with Gasteiger partial charge in [0.2, 0.25) is 0 Å². The molecule has 1 atom stereocenters. The third kappa shape index (κ3) is 4.08. The van der Waals surface area contributed by atoms with Crippen molar-refractivity contribution >= 4 is 28.9 Å². The summed E-state index contributed by atoms with van der Waals surface area (Å²) in [5.74, 6) is -6.88. The standard InChI is InChI=1S/C18H7Cl2F9N4O/c19-11-5-9(15(21,17(24,25)26)16(22,23)18(27,28)29)6-12(20)14(11)33-7-13(30-32-33)8-2-1-3-10(4-8)31-34/h1-7H. The first kappa shape index (κ1) is 25.7. The molecule has 0 aliphatic carbocycles. The second-order valence-electron chi connectivity index (χ2n) is 6.71. The molecule has 0 amide bonds. The van der Waals surface area contributed by atoms with Crippen molar-refractivity contribution < 1.29 is 39.5 Å². The molecule has 1 aromatic heterocycles. The zero-order chi connectivity index (χ0) is 25.7. The van der Waals surface area contributed by atoms with Gasteiger partial charge in [-0.2, -0.15) is 35.1 Å². The predicted octanol–water partition coefficient (Wildman–Crippen LogP) is 7.56. The zero-order valence-electron chi connectivity index (χ0n) is 15.9. The van der Waals surface area contributed by atoms with Crippen LogP contribution < -0.4 is 0 Å². The Bertz CT molecular complexity index is 1220. The largest absolute Gasteiger partial charge is 0.457 e.